The number of esters is 1. The van der Waals surface area contributed by atoms with Crippen LogP contribution >= 0.6 is 0 Å². The highest BCUT2D eigenvalue weighted by atomic mass is 19.4. The summed E-state index contributed by atoms with van der Waals surface area (Å²) in [6.45, 7) is 1.94. The van der Waals surface area contributed by atoms with Crippen molar-refractivity contribution in [2.24, 2.45) is 0 Å². The molecular weight excluding hydrogens is 391 g/mol. The molecule has 2 aromatic heterocycles. The lowest BCUT2D eigenvalue weighted by molar-refractivity contribution is -0.142. The van der Waals surface area contributed by atoms with Gasteiger partial charge < -0.3 is 14.2 Å². The van der Waals surface area contributed by atoms with Gasteiger partial charge in [0.1, 0.15) is 5.56 Å². The number of rotatable bonds is 6. The molecule has 2 heterocycles. The molecule has 0 N–H and O–H groups in total. The van der Waals surface area contributed by atoms with Gasteiger partial charge in [-0.2, -0.15) is 18.3 Å². The fraction of sp³-hybridized carbons (Fsp3) is 0.316. The van der Waals surface area contributed by atoms with E-state index >= 15 is 0 Å². The van der Waals surface area contributed by atoms with Crippen molar-refractivity contribution in [3.63, 3.8) is 0 Å². The van der Waals surface area contributed by atoms with E-state index in [0.29, 0.717) is 28.0 Å². The number of aromatic nitrogens is 3. The molecule has 0 aliphatic carbocycles. The Morgan fingerprint density at radius 1 is 1.14 bits per heavy atom. The van der Waals surface area contributed by atoms with E-state index in [4.69, 9.17) is 14.2 Å². The summed E-state index contributed by atoms with van der Waals surface area (Å²) in [5.74, 6) is -0.0372. The van der Waals surface area contributed by atoms with Gasteiger partial charge in [-0.15, -0.1) is 0 Å². The van der Waals surface area contributed by atoms with Crippen LogP contribution in [0, 0.1) is 0 Å². The molecule has 3 rings (SSSR count). The van der Waals surface area contributed by atoms with E-state index in [9.17, 15) is 18.0 Å². The van der Waals surface area contributed by atoms with Gasteiger partial charge in [0.05, 0.1) is 32.7 Å². The number of fused-ring (bicyclic) bond motifs is 1. The van der Waals surface area contributed by atoms with Crippen molar-refractivity contribution in [3.05, 3.63) is 41.7 Å². The third-order valence-electron chi connectivity index (χ3n) is 4.10. The molecule has 0 saturated heterocycles. The molecule has 0 amide bonds. The first kappa shape index (κ1) is 20.4. The predicted octanol–water partition coefficient (Wildman–Crippen LogP) is 4.00. The lowest BCUT2D eigenvalue weighted by atomic mass is 10.1. The van der Waals surface area contributed by atoms with Gasteiger partial charge in [0, 0.05) is 5.56 Å². The van der Waals surface area contributed by atoms with Gasteiger partial charge in [0.2, 0.25) is 0 Å². The number of benzene rings is 1. The third-order valence-corrected chi connectivity index (χ3v) is 4.10. The summed E-state index contributed by atoms with van der Waals surface area (Å²) in [6, 6.07) is 5.47. The minimum absolute atomic E-state index is 0.00387. The Morgan fingerprint density at radius 2 is 1.86 bits per heavy atom. The number of halogens is 3. The molecule has 1 aromatic carbocycles. The quantitative estimate of drug-likeness (QED) is 0.573. The van der Waals surface area contributed by atoms with E-state index < -0.39 is 17.8 Å². The zero-order valence-corrected chi connectivity index (χ0v) is 15.9. The van der Waals surface area contributed by atoms with Crippen LogP contribution in [0.1, 0.15) is 29.4 Å². The highest BCUT2D eigenvalue weighted by Crippen LogP contribution is 2.35. The van der Waals surface area contributed by atoms with E-state index in [1.165, 1.54) is 20.3 Å². The molecule has 0 saturated carbocycles. The number of nitrogens with zero attached hydrogens (tertiary/aromatic N) is 3. The Bertz CT molecular complexity index is 1050. The van der Waals surface area contributed by atoms with Gasteiger partial charge in [0.25, 0.3) is 0 Å². The number of ether oxygens (including phenoxy) is 3. The van der Waals surface area contributed by atoms with Crippen molar-refractivity contribution in [3.8, 4) is 22.8 Å². The number of carbonyl (C=O) groups excluding carboxylic acids is 1. The average Bonchev–Trinajstić information content (AvgIpc) is 3.13. The Hall–Kier alpha value is -3.30. The van der Waals surface area contributed by atoms with Crippen molar-refractivity contribution < 1.29 is 32.2 Å². The Morgan fingerprint density at radius 3 is 2.48 bits per heavy atom. The van der Waals surface area contributed by atoms with Crippen molar-refractivity contribution >= 4 is 11.6 Å². The molecular formula is C19H18F3N3O4. The van der Waals surface area contributed by atoms with Crippen LogP contribution in [0.4, 0.5) is 13.2 Å². The second-order valence-electron chi connectivity index (χ2n) is 6.02. The minimum Gasteiger partial charge on any atom is -0.493 e. The zero-order chi connectivity index (χ0) is 21.2. The molecule has 29 heavy (non-hydrogen) atoms. The second-order valence-corrected chi connectivity index (χ2v) is 6.02. The van der Waals surface area contributed by atoms with Gasteiger partial charge in [-0.1, -0.05) is 6.92 Å². The molecule has 0 atom stereocenters. The van der Waals surface area contributed by atoms with Crippen LogP contribution in [-0.2, 0) is 10.9 Å². The van der Waals surface area contributed by atoms with Crippen molar-refractivity contribution in [2.75, 3.05) is 20.8 Å². The van der Waals surface area contributed by atoms with E-state index in [1.54, 1.807) is 19.1 Å². The first-order valence-electron chi connectivity index (χ1n) is 8.65. The molecule has 0 spiro atoms. The van der Waals surface area contributed by atoms with Crippen LogP contribution in [-0.4, -0.2) is 41.4 Å². The van der Waals surface area contributed by atoms with Gasteiger partial charge in [0.15, 0.2) is 22.8 Å². The summed E-state index contributed by atoms with van der Waals surface area (Å²) >= 11 is 0. The second kappa shape index (κ2) is 7.98. The molecule has 0 fully saturated rings. The molecule has 7 nitrogen and oxygen atoms in total. The number of hydrogen-bond acceptors (Lipinski definition) is 6. The summed E-state index contributed by atoms with van der Waals surface area (Å²) in [5, 5.41) is 3.70. The monoisotopic (exact) mass is 409 g/mol. The van der Waals surface area contributed by atoms with E-state index in [2.05, 4.69) is 10.1 Å². The minimum atomic E-state index is -4.72. The first-order chi connectivity index (χ1) is 13.8. The van der Waals surface area contributed by atoms with Crippen molar-refractivity contribution in [2.45, 2.75) is 19.5 Å². The molecule has 154 valence electrons. The normalized spacial score (nSPS) is 11.5. The fourth-order valence-corrected chi connectivity index (χ4v) is 2.72. The predicted molar refractivity (Wildman–Crippen MR) is 97.1 cm³/mol. The maximum absolute atomic E-state index is 13.6. The topological polar surface area (TPSA) is 75.0 Å². The van der Waals surface area contributed by atoms with E-state index in [0.717, 1.165) is 12.3 Å². The largest absolute Gasteiger partial charge is 0.493 e. The summed E-state index contributed by atoms with van der Waals surface area (Å²) < 4.78 is 56.9. The van der Waals surface area contributed by atoms with E-state index in [1.807, 2.05) is 0 Å². The van der Waals surface area contributed by atoms with Crippen LogP contribution in [0.25, 0.3) is 16.9 Å². The molecule has 10 heteroatoms. The van der Waals surface area contributed by atoms with Crippen LogP contribution in [0.3, 0.4) is 0 Å². The van der Waals surface area contributed by atoms with Gasteiger partial charge in [-0.3, -0.25) is 0 Å². The summed E-state index contributed by atoms with van der Waals surface area (Å²) in [5.41, 5.74) is -1.11. The van der Waals surface area contributed by atoms with Crippen LogP contribution < -0.4 is 9.47 Å². The first-order valence-corrected chi connectivity index (χ1v) is 8.65. The van der Waals surface area contributed by atoms with Crippen molar-refractivity contribution in [1.82, 2.24) is 14.6 Å². The summed E-state index contributed by atoms with van der Waals surface area (Å²) in [6.07, 6.45) is -3.12. The Kier molecular flexibility index (Phi) is 5.62. The maximum Gasteiger partial charge on any atom is 0.433 e. The SMILES string of the molecule is CCCOC(=O)c1cnn2c(C(F)(F)F)cc(-c3ccc(OC)c(OC)c3)nc12. The lowest BCUT2D eigenvalue weighted by Gasteiger charge is -2.13. The molecule has 0 aliphatic rings. The van der Waals surface area contributed by atoms with Crippen molar-refractivity contribution in [1.29, 1.82) is 0 Å². The summed E-state index contributed by atoms with van der Waals surface area (Å²) in [7, 11) is 2.86. The lowest BCUT2D eigenvalue weighted by Crippen LogP contribution is -2.14. The molecule has 0 bridgehead atoms. The zero-order valence-electron chi connectivity index (χ0n) is 15.9. The Labute approximate surface area is 164 Å². The molecule has 0 unspecified atom stereocenters. The molecule has 0 aliphatic heterocycles. The van der Waals surface area contributed by atoms with Gasteiger partial charge in [-0.25, -0.2) is 14.3 Å². The molecule has 0 radical (unpaired) electrons. The Balaban J connectivity index is 2.21. The highest BCUT2D eigenvalue weighted by molar-refractivity contribution is 5.96. The standard InChI is InChI=1S/C19H18F3N3O4/c1-4-7-29-18(26)12-10-23-25-16(19(20,21)22)9-13(24-17(12)25)11-5-6-14(27-2)15(8-11)28-3/h5-6,8-10H,4,7H2,1-3H3. The van der Waals surface area contributed by atoms with Crippen LogP contribution in [0.15, 0.2) is 30.5 Å². The number of carbonyl (C=O) groups is 1. The summed E-state index contributed by atoms with van der Waals surface area (Å²) in [4.78, 5) is 16.5. The smallest absolute Gasteiger partial charge is 0.433 e. The van der Waals surface area contributed by atoms with Crippen LogP contribution in [0.2, 0.25) is 0 Å². The van der Waals surface area contributed by atoms with Gasteiger partial charge in [-0.05, 0) is 30.7 Å². The maximum atomic E-state index is 13.6. The molecule has 3 aromatic rings. The fourth-order valence-electron chi connectivity index (χ4n) is 2.72. The van der Waals surface area contributed by atoms with E-state index in [-0.39, 0.29) is 23.5 Å². The number of hydrogen-bond donors (Lipinski definition) is 0. The van der Waals surface area contributed by atoms with Gasteiger partial charge >= 0.3 is 12.1 Å². The number of methoxy groups -OCH3 is 2. The van der Waals surface area contributed by atoms with Crippen LogP contribution in [0.5, 0.6) is 11.5 Å². The number of alkyl halides is 3. The average molecular weight is 409 g/mol. The highest BCUT2D eigenvalue weighted by Gasteiger charge is 2.36. The third kappa shape index (κ3) is 3.96.